The van der Waals surface area contributed by atoms with E-state index in [1.54, 1.807) is 36.2 Å². The summed E-state index contributed by atoms with van der Waals surface area (Å²) in [5.74, 6) is -0.0840. The third-order valence-corrected chi connectivity index (χ3v) is 7.32. The zero-order chi connectivity index (χ0) is 25.8. The Labute approximate surface area is 214 Å². The first-order valence-electron chi connectivity index (χ1n) is 12.0. The van der Waals surface area contributed by atoms with Crippen molar-refractivity contribution < 1.29 is 14.3 Å². The number of methoxy groups -OCH3 is 1. The number of ether oxygens (including phenoxy) is 1. The Balaban J connectivity index is 1.78. The zero-order valence-corrected chi connectivity index (χ0v) is 21.9. The molecular formula is C28H31N3O4S. The first kappa shape index (κ1) is 25.6. The van der Waals surface area contributed by atoms with Crippen LogP contribution in [0.4, 0.5) is 0 Å². The van der Waals surface area contributed by atoms with Crippen molar-refractivity contribution in [3.8, 4) is 5.75 Å². The molecule has 0 saturated heterocycles. The van der Waals surface area contributed by atoms with Gasteiger partial charge >= 0.3 is 0 Å². The van der Waals surface area contributed by atoms with E-state index in [0.717, 1.165) is 18.4 Å². The van der Waals surface area contributed by atoms with Crippen molar-refractivity contribution in [3.05, 3.63) is 75.4 Å². The molecule has 0 atom stereocenters. The van der Waals surface area contributed by atoms with E-state index in [1.165, 1.54) is 23.0 Å². The standard InChI is InChI=1S/C28H31N3O4S/c1-18(2)29-15-10-16-30(3)28(34)26-24(35-4)23-25(36-26)20-13-8-9-14-21(20)31(27(23)33)17-22(32)19-11-6-5-7-12-19/h5-9,11-14,18,29H,10,15-17H2,1-4H3. The van der Waals surface area contributed by atoms with E-state index in [4.69, 9.17) is 4.74 Å². The maximum Gasteiger partial charge on any atom is 0.267 e. The molecule has 2 heterocycles. The molecule has 0 radical (unpaired) electrons. The molecule has 0 saturated carbocycles. The van der Waals surface area contributed by atoms with Gasteiger partial charge in [0.15, 0.2) is 11.5 Å². The highest BCUT2D eigenvalue weighted by atomic mass is 32.1. The van der Waals surface area contributed by atoms with E-state index in [1.807, 2.05) is 30.3 Å². The van der Waals surface area contributed by atoms with Crippen LogP contribution in [0.25, 0.3) is 21.0 Å². The molecule has 0 aliphatic rings. The minimum absolute atomic E-state index is 0.107. The minimum atomic E-state index is -0.344. The van der Waals surface area contributed by atoms with Gasteiger partial charge in [0, 0.05) is 30.6 Å². The fourth-order valence-electron chi connectivity index (χ4n) is 4.28. The summed E-state index contributed by atoms with van der Waals surface area (Å²) in [6.45, 7) is 5.45. The molecule has 4 rings (SSSR count). The number of pyridine rings is 1. The number of nitrogens with zero attached hydrogens (tertiary/aromatic N) is 2. The summed E-state index contributed by atoms with van der Waals surface area (Å²) < 4.78 is 7.83. The van der Waals surface area contributed by atoms with E-state index < -0.39 is 0 Å². The van der Waals surface area contributed by atoms with E-state index >= 15 is 0 Å². The first-order valence-corrected chi connectivity index (χ1v) is 12.8. The van der Waals surface area contributed by atoms with E-state index in [9.17, 15) is 14.4 Å². The van der Waals surface area contributed by atoms with Gasteiger partial charge in [-0.1, -0.05) is 62.4 Å². The third-order valence-electron chi connectivity index (χ3n) is 6.13. The summed E-state index contributed by atoms with van der Waals surface area (Å²) in [4.78, 5) is 42.2. The van der Waals surface area contributed by atoms with Crippen molar-refractivity contribution in [2.75, 3.05) is 27.2 Å². The highest BCUT2D eigenvalue weighted by Gasteiger charge is 2.27. The lowest BCUT2D eigenvalue weighted by molar-refractivity contribution is 0.0795. The molecule has 2 aromatic carbocycles. The average Bonchev–Trinajstić information content (AvgIpc) is 3.28. The predicted octanol–water partition coefficient (Wildman–Crippen LogP) is 4.57. The summed E-state index contributed by atoms with van der Waals surface area (Å²) in [5.41, 5.74) is 0.842. The van der Waals surface area contributed by atoms with Gasteiger partial charge in [-0.05, 0) is 19.0 Å². The smallest absolute Gasteiger partial charge is 0.267 e. The molecule has 0 fully saturated rings. The molecule has 0 aliphatic carbocycles. The molecule has 0 unspecified atom stereocenters. The Morgan fingerprint density at radius 3 is 2.47 bits per heavy atom. The number of carbonyl (C=O) groups excluding carboxylic acids is 2. The molecule has 1 amide bonds. The van der Waals surface area contributed by atoms with Crippen LogP contribution in [0.2, 0.25) is 0 Å². The number of Topliss-reactive ketones (excluding diaryl/α,β-unsaturated/α-hetero) is 1. The van der Waals surface area contributed by atoms with Crippen molar-refractivity contribution >= 4 is 44.0 Å². The van der Waals surface area contributed by atoms with Gasteiger partial charge in [-0.2, -0.15) is 0 Å². The van der Waals surface area contributed by atoms with Crippen molar-refractivity contribution in [2.24, 2.45) is 0 Å². The van der Waals surface area contributed by atoms with Gasteiger partial charge in [-0.15, -0.1) is 11.3 Å². The SMILES string of the molecule is COc1c(C(=O)N(C)CCCNC(C)C)sc2c1c(=O)n(CC(=O)c1ccccc1)c1ccccc21. The highest BCUT2D eigenvalue weighted by molar-refractivity contribution is 7.22. The number of aromatic nitrogens is 1. The van der Waals surface area contributed by atoms with Gasteiger partial charge in [0.05, 0.1) is 23.9 Å². The summed E-state index contributed by atoms with van der Waals surface area (Å²) in [5, 5.41) is 4.49. The number of rotatable bonds is 10. The van der Waals surface area contributed by atoms with E-state index in [0.29, 0.717) is 38.6 Å². The number of amides is 1. The average molecular weight is 506 g/mol. The monoisotopic (exact) mass is 505 g/mol. The van der Waals surface area contributed by atoms with Gasteiger partial charge in [-0.3, -0.25) is 19.0 Å². The molecular weight excluding hydrogens is 474 g/mol. The summed E-state index contributed by atoms with van der Waals surface area (Å²) in [6, 6.07) is 16.8. The molecule has 8 heteroatoms. The number of ketones is 1. The van der Waals surface area contributed by atoms with Crippen LogP contribution in [-0.4, -0.2) is 54.4 Å². The molecule has 7 nitrogen and oxygen atoms in total. The number of para-hydroxylation sites is 1. The minimum Gasteiger partial charge on any atom is -0.494 e. The Morgan fingerprint density at radius 2 is 1.78 bits per heavy atom. The second kappa shape index (κ2) is 11.1. The molecule has 36 heavy (non-hydrogen) atoms. The van der Waals surface area contributed by atoms with Crippen LogP contribution < -0.4 is 15.6 Å². The molecule has 0 bridgehead atoms. The van der Waals surface area contributed by atoms with Gasteiger partial charge in [0.1, 0.15) is 10.3 Å². The fraction of sp³-hybridized carbons (Fsp3) is 0.321. The van der Waals surface area contributed by atoms with Crippen molar-refractivity contribution in [1.29, 1.82) is 0 Å². The quantitative estimate of drug-likeness (QED) is 0.252. The topological polar surface area (TPSA) is 80.6 Å². The lowest BCUT2D eigenvalue weighted by atomic mass is 10.1. The highest BCUT2D eigenvalue weighted by Crippen LogP contribution is 2.40. The number of carbonyl (C=O) groups is 2. The van der Waals surface area contributed by atoms with Gasteiger partial charge in [0.2, 0.25) is 0 Å². The van der Waals surface area contributed by atoms with Gasteiger partial charge in [0.25, 0.3) is 11.5 Å². The van der Waals surface area contributed by atoms with Gasteiger partial charge in [-0.25, -0.2) is 0 Å². The normalized spacial score (nSPS) is 11.4. The summed E-state index contributed by atoms with van der Waals surface area (Å²) in [7, 11) is 3.23. The number of nitrogens with one attached hydrogen (secondary N) is 1. The largest absolute Gasteiger partial charge is 0.494 e. The van der Waals surface area contributed by atoms with Crippen LogP contribution in [0.15, 0.2) is 59.4 Å². The second-order valence-electron chi connectivity index (χ2n) is 9.06. The number of hydrogen-bond acceptors (Lipinski definition) is 6. The van der Waals surface area contributed by atoms with Crippen LogP contribution in [0.3, 0.4) is 0 Å². The Morgan fingerprint density at radius 1 is 1.08 bits per heavy atom. The maximum absolute atomic E-state index is 13.8. The number of thiophene rings is 1. The summed E-state index contributed by atoms with van der Waals surface area (Å²) >= 11 is 1.27. The van der Waals surface area contributed by atoms with Crippen molar-refractivity contribution in [1.82, 2.24) is 14.8 Å². The second-order valence-corrected chi connectivity index (χ2v) is 10.1. The number of benzene rings is 2. The van der Waals surface area contributed by atoms with Crippen molar-refractivity contribution in [2.45, 2.75) is 32.9 Å². The molecule has 1 N–H and O–H groups in total. The molecule has 4 aromatic rings. The van der Waals surface area contributed by atoms with Crippen molar-refractivity contribution in [3.63, 3.8) is 0 Å². The predicted molar refractivity (Wildman–Crippen MR) is 146 cm³/mol. The zero-order valence-electron chi connectivity index (χ0n) is 21.0. The number of hydrogen-bond donors (Lipinski definition) is 1. The Hall–Kier alpha value is -3.49. The first-order chi connectivity index (χ1) is 17.3. The van der Waals surface area contributed by atoms with Crippen LogP contribution >= 0.6 is 11.3 Å². The Kier molecular flexibility index (Phi) is 7.86. The van der Waals surface area contributed by atoms with Gasteiger partial charge < -0.3 is 15.0 Å². The number of fused-ring (bicyclic) bond motifs is 3. The van der Waals surface area contributed by atoms with Crippen LogP contribution in [-0.2, 0) is 6.54 Å². The van der Waals surface area contributed by atoms with E-state index in [-0.39, 0.29) is 29.5 Å². The van der Waals surface area contributed by atoms with Crippen LogP contribution in [0.5, 0.6) is 5.75 Å². The van der Waals surface area contributed by atoms with E-state index in [2.05, 4.69) is 19.2 Å². The maximum atomic E-state index is 13.8. The lowest BCUT2D eigenvalue weighted by Gasteiger charge is -2.17. The fourth-order valence-corrected chi connectivity index (χ4v) is 5.57. The third kappa shape index (κ3) is 5.05. The van der Waals surface area contributed by atoms with Crippen LogP contribution in [0, 0.1) is 0 Å². The summed E-state index contributed by atoms with van der Waals surface area (Å²) in [6.07, 6.45) is 0.810. The Bertz CT molecular complexity index is 1460. The lowest BCUT2D eigenvalue weighted by Crippen LogP contribution is -2.31. The molecule has 0 aliphatic heterocycles. The molecule has 0 spiro atoms. The van der Waals surface area contributed by atoms with Crippen LogP contribution in [0.1, 0.15) is 40.3 Å². The molecule has 188 valence electrons. The molecule has 2 aromatic heterocycles.